The van der Waals surface area contributed by atoms with Gasteiger partial charge in [-0.3, -0.25) is 0 Å². The molecular formula is C5H10FN. The number of hydrogen-bond acceptors (Lipinski definition) is 1. The van der Waals surface area contributed by atoms with Crippen LogP contribution < -0.4 is 5.32 Å². The Labute approximate surface area is 42.9 Å². The quantitative estimate of drug-likeness (QED) is 0.515. The second kappa shape index (κ2) is 1.44. The summed E-state index contributed by atoms with van der Waals surface area (Å²) in [7, 11) is 0. The van der Waals surface area contributed by atoms with Gasteiger partial charge in [0, 0.05) is 5.54 Å². The summed E-state index contributed by atoms with van der Waals surface area (Å²) in [6.45, 7) is 2.66. The highest BCUT2D eigenvalue weighted by atomic mass is 19.1. The fourth-order valence-electron chi connectivity index (χ4n) is 0.666. The number of hydrogen-bond donors (Lipinski definition) is 1. The average molecular weight is 103 g/mol. The standard InChI is InChI=1S/C5H10FN/c1-5(4-6)2-3-7-5/h7H,2-4H2,1H3. The minimum Gasteiger partial charge on any atom is -0.309 e. The van der Waals surface area contributed by atoms with Crippen molar-refractivity contribution in [3.05, 3.63) is 0 Å². The number of nitrogens with one attached hydrogen (secondary N) is 1. The van der Waals surface area contributed by atoms with Gasteiger partial charge in [0.15, 0.2) is 0 Å². The van der Waals surface area contributed by atoms with Crippen molar-refractivity contribution in [2.24, 2.45) is 0 Å². The lowest BCUT2D eigenvalue weighted by atomic mass is 9.92. The second-order valence-electron chi connectivity index (χ2n) is 2.37. The fourth-order valence-corrected chi connectivity index (χ4v) is 0.666. The van der Waals surface area contributed by atoms with Crippen molar-refractivity contribution in [2.45, 2.75) is 18.9 Å². The predicted molar refractivity (Wildman–Crippen MR) is 27.0 cm³/mol. The molecule has 0 aromatic rings. The molecule has 1 aliphatic rings. The molecular weight excluding hydrogens is 93.1 g/mol. The minimum atomic E-state index is -0.229. The van der Waals surface area contributed by atoms with Crippen LogP contribution in [0.15, 0.2) is 0 Å². The Kier molecular flexibility index (Phi) is 1.04. The zero-order valence-corrected chi connectivity index (χ0v) is 4.50. The van der Waals surface area contributed by atoms with Gasteiger partial charge in [0.1, 0.15) is 6.67 Å². The molecule has 1 rings (SSSR count). The van der Waals surface area contributed by atoms with E-state index in [1.165, 1.54) is 0 Å². The van der Waals surface area contributed by atoms with Crippen molar-refractivity contribution in [1.82, 2.24) is 5.32 Å². The molecule has 1 fully saturated rings. The van der Waals surface area contributed by atoms with Gasteiger partial charge in [0.2, 0.25) is 0 Å². The van der Waals surface area contributed by atoms with Gasteiger partial charge < -0.3 is 5.32 Å². The summed E-state index contributed by atoms with van der Waals surface area (Å²) in [5.41, 5.74) is -0.153. The highest BCUT2D eigenvalue weighted by Crippen LogP contribution is 2.16. The second-order valence-corrected chi connectivity index (χ2v) is 2.37. The van der Waals surface area contributed by atoms with E-state index in [1.807, 2.05) is 6.92 Å². The van der Waals surface area contributed by atoms with Crippen molar-refractivity contribution in [3.8, 4) is 0 Å². The van der Waals surface area contributed by atoms with Crippen LogP contribution in [0.2, 0.25) is 0 Å². The van der Waals surface area contributed by atoms with E-state index >= 15 is 0 Å². The maximum atomic E-state index is 11.8. The van der Waals surface area contributed by atoms with Crippen LogP contribution in [0.25, 0.3) is 0 Å². The van der Waals surface area contributed by atoms with Crippen LogP contribution in [-0.4, -0.2) is 18.8 Å². The van der Waals surface area contributed by atoms with Crippen LogP contribution >= 0.6 is 0 Å². The van der Waals surface area contributed by atoms with Gasteiger partial charge >= 0.3 is 0 Å². The Morgan fingerprint density at radius 3 is 2.43 bits per heavy atom. The number of halogens is 1. The molecule has 1 aliphatic heterocycles. The first-order valence-corrected chi connectivity index (χ1v) is 2.58. The molecule has 1 nitrogen and oxygen atoms in total. The maximum Gasteiger partial charge on any atom is 0.107 e. The Hall–Kier alpha value is -0.110. The molecule has 2 heteroatoms. The normalized spacial score (nSPS) is 40.3. The van der Waals surface area contributed by atoms with E-state index in [9.17, 15) is 4.39 Å². The van der Waals surface area contributed by atoms with Crippen molar-refractivity contribution < 1.29 is 4.39 Å². The highest BCUT2D eigenvalue weighted by Gasteiger charge is 2.30. The largest absolute Gasteiger partial charge is 0.309 e. The summed E-state index contributed by atoms with van der Waals surface area (Å²) < 4.78 is 11.8. The van der Waals surface area contributed by atoms with E-state index < -0.39 is 0 Å². The van der Waals surface area contributed by atoms with E-state index in [0.717, 1.165) is 13.0 Å². The van der Waals surface area contributed by atoms with E-state index in [1.54, 1.807) is 0 Å². The molecule has 0 spiro atoms. The Morgan fingerprint density at radius 1 is 1.86 bits per heavy atom. The molecule has 0 amide bonds. The summed E-state index contributed by atoms with van der Waals surface area (Å²) in [5.74, 6) is 0. The molecule has 7 heavy (non-hydrogen) atoms. The molecule has 0 aromatic carbocycles. The molecule has 1 unspecified atom stereocenters. The lowest BCUT2D eigenvalue weighted by molar-refractivity contribution is 0.178. The van der Waals surface area contributed by atoms with Crippen molar-refractivity contribution >= 4 is 0 Å². The Bertz CT molecular complexity index is 63.0. The predicted octanol–water partition coefficient (Wildman–Crippen LogP) is 0.708. The average Bonchev–Trinajstić information content (AvgIpc) is 1.61. The van der Waals surface area contributed by atoms with Crippen LogP contribution in [-0.2, 0) is 0 Å². The van der Waals surface area contributed by atoms with Crippen LogP contribution in [0.4, 0.5) is 4.39 Å². The maximum absolute atomic E-state index is 11.8. The molecule has 1 heterocycles. The zero-order valence-electron chi connectivity index (χ0n) is 4.50. The number of alkyl halides is 1. The van der Waals surface area contributed by atoms with Crippen molar-refractivity contribution in [2.75, 3.05) is 13.2 Å². The molecule has 1 atom stereocenters. The third-order valence-electron chi connectivity index (χ3n) is 1.52. The van der Waals surface area contributed by atoms with Gasteiger partial charge in [0.05, 0.1) is 0 Å². The van der Waals surface area contributed by atoms with Crippen LogP contribution in [0.1, 0.15) is 13.3 Å². The third kappa shape index (κ3) is 0.752. The minimum absolute atomic E-state index is 0.153. The van der Waals surface area contributed by atoms with Gasteiger partial charge in [0.25, 0.3) is 0 Å². The van der Waals surface area contributed by atoms with Gasteiger partial charge in [-0.15, -0.1) is 0 Å². The first kappa shape index (κ1) is 5.04. The molecule has 42 valence electrons. The van der Waals surface area contributed by atoms with Crippen LogP contribution in [0.5, 0.6) is 0 Å². The molecule has 0 aliphatic carbocycles. The topological polar surface area (TPSA) is 12.0 Å². The fraction of sp³-hybridized carbons (Fsp3) is 1.00. The summed E-state index contributed by atoms with van der Waals surface area (Å²) in [4.78, 5) is 0. The molecule has 0 radical (unpaired) electrons. The summed E-state index contributed by atoms with van der Waals surface area (Å²) in [6.07, 6.45) is 0.990. The van der Waals surface area contributed by atoms with E-state index in [-0.39, 0.29) is 12.2 Å². The van der Waals surface area contributed by atoms with Crippen LogP contribution in [0, 0.1) is 0 Å². The SMILES string of the molecule is CC1(CF)CCN1. The molecule has 0 aromatic heterocycles. The van der Waals surface area contributed by atoms with Gasteiger partial charge in [-0.25, -0.2) is 4.39 Å². The van der Waals surface area contributed by atoms with Crippen molar-refractivity contribution in [3.63, 3.8) is 0 Å². The van der Waals surface area contributed by atoms with Gasteiger partial charge in [-0.1, -0.05) is 0 Å². The molecule has 1 N–H and O–H groups in total. The zero-order chi connectivity index (χ0) is 5.33. The summed E-state index contributed by atoms with van der Waals surface area (Å²) >= 11 is 0. The smallest absolute Gasteiger partial charge is 0.107 e. The Balaban J connectivity index is 2.29. The van der Waals surface area contributed by atoms with E-state index in [0.29, 0.717) is 0 Å². The highest BCUT2D eigenvalue weighted by molar-refractivity contribution is 4.91. The monoisotopic (exact) mass is 103 g/mol. The van der Waals surface area contributed by atoms with E-state index in [4.69, 9.17) is 0 Å². The van der Waals surface area contributed by atoms with Crippen LogP contribution in [0.3, 0.4) is 0 Å². The Morgan fingerprint density at radius 2 is 2.43 bits per heavy atom. The first-order valence-electron chi connectivity index (χ1n) is 2.58. The van der Waals surface area contributed by atoms with Gasteiger partial charge in [-0.2, -0.15) is 0 Å². The van der Waals surface area contributed by atoms with Crippen molar-refractivity contribution in [1.29, 1.82) is 0 Å². The van der Waals surface area contributed by atoms with Gasteiger partial charge in [-0.05, 0) is 19.9 Å². The summed E-state index contributed by atoms with van der Waals surface area (Å²) in [6, 6.07) is 0. The first-order chi connectivity index (χ1) is 3.27. The van der Waals surface area contributed by atoms with E-state index in [2.05, 4.69) is 5.32 Å². The third-order valence-corrected chi connectivity index (χ3v) is 1.52. The molecule has 1 saturated heterocycles. The lowest BCUT2D eigenvalue weighted by Crippen LogP contribution is -2.56. The lowest BCUT2D eigenvalue weighted by Gasteiger charge is -2.37. The summed E-state index contributed by atoms with van der Waals surface area (Å²) in [5, 5.41) is 3.00. The molecule has 0 saturated carbocycles. The number of rotatable bonds is 1. The molecule has 0 bridgehead atoms.